The minimum absolute atomic E-state index is 0.00463. The molecule has 0 spiro atoms. The SMILES string of the molecule is CO[C@@H](C)[C@H](C)NC(=O)c1ccc(N(C)C)cc1. The van der Waals surface area contributed by atoms with E-state index in [-0.39, 0.29) is 18.1 Å². The lowest BCUT2D eigenvalue weighted by Crippen LogP contribution is -2.40. The van der Waals surface area contributed by atoms with E-state index in [1.54, 1.807) is 7.11 Å². The van der Waals surface area contributed by atoms with E-state index in [2.05, 4.69) is 5.32 Å². The maximum absolute atomic E-state index is 12.0. The molecule has 1 N–H and O–H groups in total. The molecule has 4 heteroatoms. The van der Waals surface area contributed by atoms with Crippen LogP contribution in [-0.4, -0.2) is 39.3 Å². The molecule has 0 saturated heterocycles. The molecule has 1 aromatic rings. The summed E-state index contributed by atoms with van der Waals surface area (Å²) in [6.07, 6.45) is -0.00463. The fourth-order valence-corrected chi connectivity index (χ4v) is 1.52. The number of nitrogens with one attached hydrogen (secondary N) is 1. The number of anilines is 1. The highest BCUT2D eigenvalue weighted by atomic mass is 16.5. The van der Waals surface area contributed by atoms with Crippen molar-refractivity contribution in [2.45, 2.75) is 26.0 Å². The summed E-state index contributed by atoms with van der Waals surface area (Å²) < 4.78 is 5.18. The van der Waals surface area contributed by atoms with E-state index in [0.29, 0.717) is 5.56 Å². The smallest absolute Gasteiger partial charge is 0.251 e. The van der Waals surface area contributed by atoms with E-state index in [4.69, 9.17) is 4.74 Å². The van der Waals surface area contributed by atoms with Crippen LogP contribution < -0.4 is 10.2 Å². The molecule has 0 saturated carbocycles. The van der Waals surface area contributed by atoms with Gasteiger partial charge in [0.15, 0.2) is 0 Å². The van der Waals surface area contributed by atoms with Gasteiger partial charge in [-0.15, -0.1) is 0 Å². The molecule has 100 valence electrons. The van der Waals surface area contributed by atoms with Crippen molar-refractivity contribution in [3.8, 4) is 0 Å². The average molecular weight is 250 g/mol. The molecule has 0 heterocycles. The summed E-state index contributed by atoms with van der Waals surface area (Å²) in [4.78, 5) is 14.0. The summed E-state index contributed by atoms with van der Waals surface area (Å²) in [5.74, 6) is -0.0725. The maximum Gasteiger partial charge on any atom is 0.251 e. The van der Waals surface area contributed by atoms with Crippen LogP contribution in [0.25, 0.3) is 0 Å². The Morgan fingerprint density at radius 1 is 1.22 bits per heavy atom. The highest BCUT2D eigenvalue weighted by Crippen LogP contribution is 2.12. The van der Waals surface area contributed by atoms with Crippen LogP contribution in [0.4, 0.5) is 5.69 Å². The molecule has 4 nitrogen and oxygen atoms in total. The maximum atomic E-state index is 12.0. The lowest BCUT2D eigenvalue weighted by atomic mass is 10.1. The monoisotopic (exact) mass is 250 g/mol. The van der Waals surface area contributed by atoms with Crippen molar-refractivity contribution in [2.75, 3.05) is 26.1 Å². The van der Waals surface area contributed by atoms with E-state index in [0.717, 1.165) is 5.69 Å². The lowest BCUT2D eigenvalue weighted by Gasteiger charge is -2.20. The third kappa shape index (κ3) is 3.74. The summed E-state index contributed by atoms with van der Waals surface area (Å²) in [7, 11) is 5.58. The Morgan fingerprint density at radius 2 is 1.78 bits per heavy atom. The van der Waals surface area contributed by atoms with Crippen molar-refractivity contribution in [3.05, 3.63) is 29.8 Å². The number of carbonyl (C=O) groups excluding carboxylic acids is 1. The predicted octanol–water partition coefficient (Wildman–Crippen LogP) is 1.91. The highest BCUT2D eigenvalue weighted by Gasteiger charge is 2.15. The van der Waals surface area contributed by atoms with Gasteiger partial charge in [0.05, 0.1) is 12.1 Å². The highest BCUT2D eigenvalue weighted by molar-refractivity contribution is 5.94. The van der Waals surface area contributed by atoms with Crippen molar-refractivity contribution in [1.29, 1.82) is 0 Å². The number of rotatable bonds is 5. The van der Waals surface area contributed by atoms with Gasteiger partial charge in [-0.05, 0) is 38.1 Å². The number of benzene rings is 1. The van der Waals surface area contributed by atoms with Gasteiger partial charge in [0.2, 0.25) is 0 Å². The lowest BCUT2D eigenvalue weighted by molar-refractivity contribution is 0.0735. The number of ether oxygens (including phenoxy) is 1. The number of carbonyl (C=O) groups is 1. The fourth-order valence-electron chi connectivity index (χ4n) is 1.52. The van der Waals surface area contributed by atoms with Crippen molar-refractivity contribution >= 4 is 11.6 Å². The van der Waals surface area contributed by atoms with Gasteiger partial charge in [-0.3, -0.25) is 4.79 Å². The summed E-state index contributed by atoms with van der Waals surface area (Å²) >= 11 is 0. The molecule has 0 aliphatic heterocycles. The molecular formula is C14H22N2O2. The number of methoxy groups -OCH3 is 1. The molecule has 0 aliphatic carbocycles. The van der Waals surface area contributed by atoms with E-state index in [9.17, 15) is 4.79 Å². The molecule has 0 aromatic heterocycles. The third-order valence-electron chi connectivity index (χ3n) is 3.08. The van der Waals surface area contributed by atoms with Crippen LogP contribution in [0.5, 0.6) is 0 Å². The quantitative estimate of drug-likeness (QED) is 0.868. The number of hydrogen-bond acceptors (Lipinski definition) is 3. The number of amides is 1. The standard InChI is InChI=1S/C14H22N2O2/c1-10(11(2)18-5)15-14(17)12-6-8-13(9-7-12)16(3)4/h6-11H,1-5H3,(H,15,17)/t10-,11-/m0/s1. The van der Waals surface area contributed by atoms with Crippen LogP contribution in [0.2, 0.25) is 0 Å². The van der Waals surface area contributed by atoms with Crippen LogP contribution in [-0.2, 0) is 4.74 Å². The average Bonchev–Trinajstić information content (AvgIpc) is 2.37. The molecule has 2 atom stereocenters. The van der Waals surface area contributed by atoms with Gasteiger partial charge in [0, 0.05) is 32.5 Å². The number of nitrogens with zero attached hydrogens (tertiary/aromatic N) is 1. The van der Waals surface area contributed by atoms with Gasteiger partial charge in [-0.2, -0.15) is 0 Å². The van der Waals surface area contributed by atoms with E-state index in [1.165, 1.54) is 0 Å². The van der Waals surface area contributed by atoms with Gasteiger partial charge < -0.3 is 15.0 Å². The topological polar surface area (TPSA) is 41.6 Å². The second-order valence-corrected chi connectivity index (χ2v) is 4.64. The molecule has 0 unspecified atom stereocenters. The normalized spacial score (nSPS) is 13.8. The van der Waals surface area contributed by atoms with E-state index < -0.39 is 0 Å². The fraction of sp³-hybridized carbons (Fsp3) is 0.500. The first kappa shape index (κ1) is 14.5. The Morgan fingerprint density at radius 3 is 2.22 bits per heavy atom. The molecule has 0 bridgehead atoms. The summed E-state index contributed by atoms with van der Waals surface area (Å²) in [6.45, 7) is 3.86. The Kier molecular flexibility index (Phi) is 5.16. The van der Waals surface area contributed by atoms with Crippen LogP contribution in [0.15, 0.2) is 24.3 Å². The zero-order valence-electron chi connectivity index (χ0n) is 11.7. The van der Waals surface area contributed by atoms with Crippen molar-refractivity contribution in [1.82, 2.24) is 5.32 Å². The molecule has 18 heavy (non-hydrogen) atoms. The Hall–Kier alpha value is -1.55. The Balaban J connectivity index is 2.67. The predicted molar refractivity (Wildman–Crippen MR) is 74.2 cm³/mol. The van der Waals surface area contributed by atoms with Crippen LogP contribution in [0, 0.1) is 0 Å². The Bertz CT molecular complexity index is 387. The third-order valence-corrected chi connectivity index (χ3v) is 3.08. The van der Waals surface area contributed by atoms with Crippen molar-refractivity contribution in [2.24, 2.45) is 0 Å². The first-order valence-electron chi connectivity index (χ1n) is 6.06. The van der Waals surface area contributed by atoms with Crippen LogP contribution in [0.3, 0.4) is 0 Å². The molecule has 1 amide bonds. The minimum Gasteiger partial charge on any atom is -0.380 e. The first-order chi connectivity index (χ1) is 8.45. The van der Waals surface area contributed by atoms with Gasteiger partial charge in [-0.1, -0.05) is 0 Å². The van der Waals surface area contributed by atoms with Gasteiger partial charge in [0.1, 0.15) is 0 Å². The molecule has 1 rings (SSSR count). The summed E-state index contributed by atoms with van der Waals surface area (Å²) in [5.41, 5.74) is 1.74. The van der Waals surface area contributed by atoms with Gasteiger partial charge in [-0.25, -0.2) is 0 Å². The van der Waals surface area contributed by atoms with Crippen molar-refractivity contribution < 1.29 is 9.53 Å². The molecule has 0 radical (unpaired) electrons. The Labute approximate surface area is 109 Å². The van der Waals surface area contributed by atoms with Gasteiger partial charge >= 0.3 is 0 Å². The largest absolute Gasteiger partial charge is 0.380 e. The molecule has 0 fully saturated rings. The summed E-state index contributed by atoms with van der Waals surface area (Å²) in [6, 6.07) is 7.50. The molecule has 0 aliphatic rings. The van der Waals surface area contributed by atoms with Crippen LogP contribution >= 0.6 is 0 Å². The zero-order chi connectivity index (χ0) is 13.7. The number of hydrogen-bond donors (Lipinski definition) is 1. The molecule has 1 aromatic carbocycles. The second-order valence-electron chi connectivity index (χ2n) is 4.64. The zero-order valence-corrected chi connectivity index (χ0v) is 11.7. The summed E-state index contributed by atoms with van der Waals surface area (Å²) in [5, 5.41) is 2.92. The minimum atomic E-state index is -0.0725. The van der Waals surface area contributed by atoms with Gasteiger partial charge in [0.25, 0.3) is 5.91 Å². The first-order valence-corrected chi connectivity index (χ1v) is 6.06. The van der Waals surface area contributed by atoms with Crippen LogP contribution in [0.1, 0.15) is 24.2 Å². The molecular weight excluding hydrogens is 228 g/mol. The van der Waals surface area contributed by atoms with E-state index in [1.807, 2.05) is 57.1 Å². The second kappa shape index (κ2) is 6.40. The van der Waals surface area contributed by atoms with E-state index >= 15 is 0 Å². The van der Waals surface area contributed by atoms with Crippen molar-refractivity contribution in [3.63, 3.8) is 0 Å².